The van der Waals surface area contributed by atoms with Gasteiger partial charge in [-0.05, 0) is 12.8 Å². The number of carbonyl (C=O) groups excluding carboxylic acids is 2. The van der Waals surface area contributed by atoms with Crippen molar-refractivity contribution >= 4 is 11.8 Å². The minimum absolute atomic E-state index is 0.305. The Labute approximate surface area is 73.9 Å². The zero-order chi connectivity index (χ0) is 9.84. The summed E-state index contributed by atoms with van der Waals surface area (Å²) in [7, 11) is 0. The topological polar surface area (TPSA) is 49.4 Å². The van der Waals surface area contributed by atoms with Crippen molar-refractivity contribution in [1.29, 1.82) is 0 Å². The molecular weight excluding hydrogens is 182 g/mol. The lowest BCUT2D eigenvalue weighted by atomic mass is 10.1. The summed E-state index contributed by atoms with van der Waals surface area (Å²) >= 11 is 0. The number of nitrogens with zero attached hydrogens (tertiary/aromatic N) is 1. The van der Waals surface area contributed by atoms with Gasteiger partial charge >= 0.3 is 12.3 Å². The van der Waals surface area contributed by atoms with E-state index in [4.69, 9.17) is 0 Å². The van der Waals surface area contributed by atoms with Crippen LogP contribution < -0.4 is 5.43 Å². The summed E-state index contributed by atoms with van der Waals surface area (Å²) in [4.78, 5) is 21.5. The van der Waals surface area contributed by atoms with Gasteiger partial charge in [-0.15, -0.1) is 0 Å². The molecule has 0 aromatic heterocycles. The van der Waals surface area contributed by atoms with Gasteiger partial charge in [-0.1, -0.05) is 0 Å². The van der Waals surface area contributed by atoms with Crippen molar-refractivity contribution in [2.45, 2.75) is 25.7 Å². The Morgan fingerprint density at radius 2 is 2.15 bits per heavy atom. The van der Waals surface area contributed by atoms with E-state index in [-0.39, 0.29) is 5.91 Å². The third-order valence-corrected chi connectivity index (χ3v) is 1.77. The molecule has 0 aromatic carbocycles. The van der Waals surface area contributed by atoms with E-state index in [0.29, 0.717) is 13.0 Å². The first kappa shape index (κ1) is 9.88. The van der Waals surface area contributed by atoms with Crippen molar-refractivity contribution in [1.82, 2.24) is 10.4 Å². The highest BCUT2D eigenvalue weighted by molar-refractivity contribution is 5.84. The van der Waals surface area contributed by atoms with Crippen LogP contribution in [0.4, 0.5) is 8.78 Å². The quantitative estimate of drug-likeness (QED) is 0.683. The maximum Gasteiger partial charge on any atom is 0.317 e. The summed E-state index contributed by atoms with van der Waals surface area (Å²) in [6.07, 6.45) is -1.28. The Balaban J connectivity index is 2.43. The van der Waals surface area contributed by atoms with Crippen LogP contribution in [0.25, 0.3) is 0 Å². The normalized spacial score (nSPS) is 17.8. The second-order valence-corrected chi connectivity index (χ2v) is 2.78. The molecule has 2 amide bonds. The molecule has 0 unspecified atom stereocenters. The largest absolute Gasteiger partial charge is 0.317 e. The van der Waals surface area contributed by atoms with Gasteiger partial charge in [0.25, 0.3) is 0 Å². The van der Waals surface area contributed by atoms with E-state index in [1.54, 1.807) is 0 Å². The second-order valence-electron chi connectivity index (χ2n) is 2.78. The molecule has 0 aromatic rings. The zero-order valence-electron chi connectivity index (χ0n) is 6.93. The number of hydrogen-bond donors (Lipinski definition) is 1. The number of alkyl halides is 2. The number of piperidine rings is 1. The van der Waals surface area contributed by atoms with Gasteiger partial charge in [-0.25, -0.2) is 0 Å². The molecule has 0 bridgehead atoms. The maximum atomic E-state index is 11.8. The predicted octanol–water partition coefficient (Wildman–Crippen LogP) is 0.295. The van der Waals surface area contributed by atoms with Gasteiger partial charge in [0.1, 0.15) is 0 Å². The highest BCUT2D eigenvalue weighted by Crippen LogP contribution is 2.08. The van der Waals surface area contributed by atoms with E-state index < -0.39 is 12.3 Å². The van der Waals surface area contributed by atoms with E-state index in [2.05, 4.69) is 0 Å². The van der Waals surface area contributed by atoms with Crippen LogP contribution in [-0.2, 0) is 9.59 Å². The summed E-state index contributed by atoms with van der Waals surface area (Å²) in [6.45, 7) is 0.317. The Bertz CT molecular complexity index is 221. The number of hydrazine groups is 1. The molecule has 1 saturated heterocycles. The summed E-state index contributed by atoms with van der Waals surface area (Å²) in [5.74, 6) is -1.73. The van der Waals surface area contributed by atoms with Gasteiger partial charge in [-0.3, -0.25) is 20.0 Å². The van der Waals surface area contributed by atoms with Crippen LogP contribution in [0.5, 0.6) is 0 Å². The third kappa shape index (κ3) is 2.64. The molecule has 1 rings (SSSR count). The molecule has 4 nitrogen and oxygen atoms in total. The summed E-state index contributed by atoms with van der Waals surface area (Å²) in [5.41, 5.74) is 1.86. The van der Waals surface area contributed by atoms with Crippen molar-refractivity contribution in [3.05, 3.63) is 0 Å². The smallest absolute Gasteiger partial charge is 0.273 e. The fraction of sp³-hybridized carbons (Fsp3) is 0.714. The summed E-state index contributed by atoms with van der Waals surface area (Å²) in [6, 6.07) is 0. The number of nitrogens with one attached hydrogen (secondary N) is 1. The predicted molar refractivity (Wildman–Crippen MR) is 39.7 cm³/mol. The van der Waals surface area contributed by atoms with Crippen LogP contribution in [0.1, 0.15) is 19.3 Å². The van der Waals surface area contributed by atoms with Crippen molar-refractivity contribution < 1.29 is 18.4 Å². The molecule has 1 heterocycles. The average Bonchev–Trinajstić information content (AvgIpc) is 2.08. The van der Waals surface area contributed by atoms with E-state index in [1.807, 2.05) is 5.43 Å². The van der Waals surface area contributed by atoms with E-state index in [0.717, 1.165) is 17.9 Å². The molecule has 13 heavy (non-hydrogen) atoms. The number of carbonyl (C=O) groups is 2. The lowest BCUT2D eigenvalue weighted by Crippen LogP contribution is -2.50. The molecule has 1 fully saturated rings. The first-order valence-electron chi connectivity index (χ1n) is 4.00. The highest BCUT2D eigenvalue weighted by Gasteiger charge is 2.23. The van der Waals surface area contributed by atoms with E-state index in [9.17, 15) is 18.4 Å². The molecule has 0 aliphatic carbocycles. The van der Waals surface area contributed by atoms with Crippen molar-refractivity contribution in [2.75, 3.05) is 6.54 Å². The van der Waals surface area contributed by atoms with Crippen LogP contribution in [0, 0.1) is 0 Å². The van der Waals surface area contributed by atoms with Crippen LogP contribution >= 0.6 is 0 Å². The molecule has 1 aliphatic heterocycles. The van der Waals surface area contributed by atoms with Gasteiger partial charge in [0, 0.05) is 13.0 Å². The second kappa shape index (κ2) is 4.15. The first-order chi connectivity index (χ1) is 6.11. The van der Waals surface area contributed by atoms with Gasteiger partial charge in [0.05, 0.1) is 0 Å². The Hall–Kier alpha value is -1.20. The number of hydrogen-bond acceptors (Lipinski definition) is 2. The van der Waals surface area contributed by atoms with Gasteiger partial charge in [0.15, 0.2) is 0 Å². The lowest BCUT2D eigenvalue weighted by Gasteiger charge is -2.26. The maximum absolute atomic E-state index is 11.8. The van der Waals surface area contributed by atoms with Crippen molar-refractivity contribution in [2.24, 2.45) is 0 Å². The minimum atomic E-state index is -3.07. The first-order valence-corrected chi connectivity index (χ1v) is 4.00. The fourth-order valence-corrected chi connectivity index (χ4v) is 1.11. The SMILES string of the molecule is O=C(NN1CCCCC1=O)C(F)F. The average molecular weight is 192 g/mol. The molecule has 0 radical (unpaired) electrons. The standard InChI is InChI=1S/C7H10F2N2O2/c8-6(9)7(13)10-11-4-2-1-3-5(11)12/h6H,1-4H2,(H,10,13). The number of halogens is 2. The molecular formula is C7H10F2N2O2. The number of amides is 2. The molecule has 0 spiro atoms. The molecule has 6 heteroatoms. The van der Waals surface area contributed by atoms with Gasteiger partial charge < -0.3 is 0 Å². The van der Waals surface area contributed by atoms with E-state index in [1.165, 1.54) is 0 Å². The van der Waals surface area contributed by atoms with Crippen LogP contribution in [-0.4, -0.2) is 29.8 Å². The van der Waals surface area contributed by atoms with Gasteiger partial charge in [0.2, 0.25) is 5.91 Å². The molecule has 0 saturated carbocycles. The van der Waals surface area contributed by atoms with Crippen LogP contribution in [0.3, 0.4) is 0 Å². The zero-order valence-corrected chi connectivity index (χ0v) is 6.93. The Morgan fingerprint density at radius 1 is 1.46 bits per heavy atom. The molecule has 0 atom stereocenters. The van der Waals surface area contributed by atoms with E-state index >= 15 is 0 Å². The highest BCUT2D eigenvalue weighted by atomic mass is 19.3. The van der Waals surface area contributed by atoms with Crippen molar-refractivity contribution in [3.63, 3.8) is 0 Å². The Kier molecular flexibility index (Phi) is 3.16. The fourth-order valence-electron chi connectivity index (χ4n) is 1.11. The summed E-state index contributed by atoms with van der Waals surface area (Å²) in [5, 5.41) is 0.956. The molecule has 1 aliphatic rings. The lowest BCUT2D eigenvalue weighted by molar-refractivity contribution is -0.148. The minimum Gasteiger partial charge on any atom is -0.273 e. The van der Waals surface area contributed by atoms with Crippen LogP contribution in [0.15, 0.2) is 0 Å². The van der Waals surface area contributed by atoms with Gasteiger partial charge in [-0.2, -0.15) is 8.78 Å². The molecule has 74 valence electrons. The van der Waals surface area contributed by atoms with Crippen LogP contribution in [0.2, 0.25) is 0 Å². The Morgan fingerprint density at radius 3 is 2.69 bits per heavy atom. The van der Waals surface area contributed by atoms with Crippen molar-refractivity contribution in [3.8, 4) is 0 Å². The summed E-state index contributed by atoms with van der Waals surface area (Å²) < 4.78 is 23.5. The number of rotatable bonds is 2. The monoisotopic (exact) mass is 192 g/mol. The molecule has 1 N–H and O–H groups in total. The third-order valence-electron chi connectivity index (χ3n) is 1.77.